The Balaban J connectivity index is 3.61. The van der Waals surface area contributed by atoms with Crippen molar-refractivity contribution in [3.63, 3.8) is 0 Å². The monoisotopic (exact) mass is 213 g/mol. The van der Waals surface area contributed by atoms with Gasteiger partial charge in [0.05, 0.1) is 18.2 Å². The summed E-state index contributed by atoms with van der Waals surface area (Å²) in [6.45, 7) is 4.25. The average Bonchev–Trinajstić information content (AvgIpc) is 2.14. The van der Waals surface area contributed by atoms with Crippen LogP contribution in [-0.2, 0) is 4.79 Å². The molecule has 0 bridgehead atoms. The first-order chi connectivity index (χ1) is 7.02. The normalized spacial score (nSPS) is 14.0. The molecule has 1 atom stereocenters. The van der Waals surface area contributed by atoms with Crippen LogP contribution >= 0.6 is 0 Å². The van der Waals surface area contributed by atoms with Gasteiger partial charge in [0, 0.05) is 6.54 Å². The van der Waals surface area contributed by atoms with Crippen molar-refractivity contribution < 1.29 is 9.90 Å². The lowest BCUT2D eigenvalue weighted by molar-refractivity contribution is -0.120. The fourth-order valence-electron chi connectivity index (χ4n) is 1.27. The highest BCUT2D eigenvalue weighted by Crippen LogP contribution is 2.09. The van der Waals surface area contributed by atoms with E-state index < -0.39 is 5.60 Å². The van der Waals surface area contributed by atoms with Crippen LogP contribution in [0.1, 0.15) is 26.7 Å². The maximum atomic E-state index is 11.0. The quantitative estimate of drug-likeness (QED) is 0.510. The maximum absolute atomic E-state index is 11.0. The largest absolute Gasteiger partial charge is 0.389 e. The van der Waals surface area contributed by atoms with Crippen LogP contribution in [0.2, 0.25) is 0 Å². The highest BCUT2D eigenvalue weighted by atomic mass is 16.3. The number of aliphatic hydroxyl groups is 1. The summed E-state index contributed by atoms with van der Waals surface area (Å²) in [6, 6.07) is 1.82. The van der Waals surface area contributed by atoms with Crippen LogP contribution in [-0.4, -0.2) is 36.2 Å². The average molecular weight is 213 g/mol. The summed E-state index contributed by atoms with van der Waals surface area (Å²) in [5, 5.41) is 23.2. The van der Waals surface area contributed by atoms with Gasteiger partial charge in [-0.2, -0.15) is 5.26 Å². The minimum Gasteiger partial charge on any atom is -0.389 e. The van der Waals surface area contributed by atoms with Crippen molar-refractivity contribution in [3.8, 4) is 6.07 Å². The molecule has 0 radical (unpaired) electrons. The van der Waals surface area contributed by atoms with Gasteiger partial charge in [-0.15, -0.1) is 0 Å². The fourth-order valence-corrected chi connectivity index (χ4v) is 1.27. The van der Waals surface area contributed by atoms with Crippen molar-refractivity contribution in [2.24, 2.45) is 0 Å². The predicted octanol–water partition coefficient (Wildman–Crippen LogP) is -0.233. The summed E-state index contributed by atoms with van der Waals surface area (Å²) in [6.07, 6.45) is 1.59. The van der Waals surface area contributed by atoms with E-state index in [1.165, 1.54) is 0 Å². The summed E-state index contributed by atoms with van der Waals surface area (Å²) in [5.74, 6) is -0.233. The van der Waals surface area contributed by atoms with Gasteiger partial charge in [0.25, 0.3) is 0 Å². The zero-order valence-electron chi connectivity index (χ0n) is 9.34. The lowest BCUT2D eigenvalue weighted by atomic mass is 10.0. The molecule has 0 aliphatic rings. The van der Waals surface area contributed by atoms with Crippen LogP contribution < -0.4 is 10.6 Å². The molecular formula is C10H19N3O2. The number of hydrogen-bond acceptors (Lipinski definition) is 4. The van der Waals surface area contributed by atoms with Crippen LogP contribution in [0, 0.1) is 11.3 Å². The number of nitrogens with one attached hydrogen (secondary N) is 2. The van der Waals surface area contributed by atoms with Crippen LogP contribution in [0.25, 0.3) is 0 Å². The molecule has 0 aliphatic carbocycles. The maximum Gasteiger partial charge on any atom is 0.234 e. The van der Waals surface area contributed by atoms with Crippen LogP contribution in [0.5, 0.6) is 0 Å². The molecule has 0 aromatic rings. The number of nitriles is 1. The van der Waals surface area contributed by atoms with Crippen LogP contribution in [0.15, 0.2) is 0 Å². The molecule has 0 aromatic carbocycles. The Morgan fingerprint density at radius 1 is 1.60 bits per heavy atom. The molecule has 0 spiro atoms. The van der Waals surface area contributed by atoms with Crippen LogP contribution in [0.3, 0.4) is 0 Å². The molecule has 86 valence electrons. The third kappa shape index (κ3) is 7.91. The first kappa shape index (κ1) is 13.9. The summed E-state index contributed by atoms with van der Waals surface area (Å²) in [4.78, 5) is 11.0. The molecule has 5 nitrogen and oxygen atoms in total. The number of rotatable bonds is 7. The predicted molar refractivity (Wildman–Crippen MR) is 57.0 cm³/mol. The summed E-state index contributed by atoms with van der Waals surface area (Å²) < 4.78 is 0. The smallest absolute Gasteiger partial charge is 0.234 e. The minimum absolute atomic E-state index is 0.0197. The molecular weight excluding hydrogens is 194 g/mol. The topological polar surface area (TPSA) is 85.2 Å². The molecule has 5 heteroatoms. The first-order valence-electron chi connectivity index (χ1n) is 5.08. The molecule has 0 saturated carbocycles. The van der Waals surface area contributed by atoms with Crippen molar-refractivity contribution in [2.75, 3.05) is 19.6 Å². The van der Waals surface area contributed by atoms with Crippen molar-refractivity contribution in [1.82, 2.24) is 10.6 Å². The summed E-state index contributed by atoms with van der Waals surface area (Å²) in [5.41, 5.74) is -0.774. The first-order valence-corrected chi connectivity index (χ1v) is 5.08. The molecule has 3 N–H and O–H groups in total. The van der Waals surface area contributed by atoms with E-state index in [0.717, 1.165) is 6.42 Å². The van der Waals surface area contributed by atoms with E-state index in [0.29, 0.717) is 13.0 Å². The Kier molecular flexibility index (Phi) is 6.67. The van der Waals surface area contributed by atoms with Crippen molar-refractivity contribution in [1.29, 1.82) is 5.26 Å². The standard InChI is InChI=1S/C10H19N3O2/c1-3-4-10(2,15)8-12-7-9(14)13-6-5-11/h12,15H,3-4,6-8H2,1-2H3,(H,13,14). The highest BCUT2D eigenvalue weighted by molar-refractivity contribution is 5.78. The number of hydrogen-bond donors (Lipinski definition) is 3. The Bertz CT molecular complexity index is 233. The number of nitrogens with zero attached hydrogens (tertiary/aromatic N) is 1. The van der Waals surface area contributed by atoms with E-state index in [-0.39, 0.29) is 19.0 Å². The van der Waals surface area contributed by atoms with Gasteiger partial charge in [-0.25, -0.2) is 0 Å². The third-order valence-electron chi connectivity index (χ3n) is 1.94. The van der Waals surface area contributed by atoms with Gasteiger partial charge in [0.1, 0.15) is 6.54 Å². The van der Waals surface area contributed by atoms with E-state index in [1.807, 2.05) is 13.0 Å². The van der Waals surface area contributed by atoms with Crippen LogP contribution in [0.4, 0.5) is 0 Å². The number of carbonyl (C=O) groups is 1. The Hall–Kier alpha value is -1.12. The Morgan fingerprint density at radius 2 is 2.27 bits per heavy atom. The van der Waals surface area contributed by atoms with Gasteiger partial charge in [-0.05, 0) is 13.3 Å². The van der Waals surface area contributed by atoms with Gasteiger partial charge in [0.2, 0.25) is 5.91 Å². The van der Waals surface area contributed by atoms with Gasteiger partial charge in [-0.3, -0.25) is 4.79 Å². The van der Waals surface area contributed by atoms with Crippen molar-refractivity contribution in [3.05, 3.63) is 0 Å². The summed E-state index contributed by atoms with van der Waals surface area (Å²) >= 11 is 0. The summed E-state index contributed by atoms with van der Waals surface area (Å²) in [7, 11) is 0. The second-order valence-corrected chi connectivity index (χ2v) is 3.79. The molecule has 0 heterocycles. The molecule has 0 saturated heterocycles. The lowest BCUT2D eigenvalue weighted by Gasteiger charge is -2.22. The Labute approximate surface area is 90.5 Å². The second-order valence-electron chi connectivity index (χ2n) is 3.79. The fraction of sp³-hybridized carbons (Fsp3) is 0.800. The molecule has 15 heavy (non-hydrogen) atoms. The van der Waals surface area contributed by atoms with Gasteiger partial charge >= 0.3 is 0 Å². The van der Waals surface area contributed by atoms with E-state index in [2.05, 4.69) is 10.6 Å². The van der Waals surface area contributed by atoms with Gasteiger partial charge in [0.15, 0.2) is 0 Å². The van der Waals surface area contributed by atoms with E-state index >= 15 is 0 Å². The van der Waals surface area contributed by atoms with E-state index in [9.17, 15) is 9.90 Å². The van der Waals surface area contributed by atoms with Crippen molar-refractivity contribution >= 4 is 5.91 Å². The van der Waals surface area contributed by atoms with E-state index in [4.69, 9.17) is 5.26 Å². The zero-order chi connectivity index (χ0) is 11.7. The second kappa shape index (κ2) is 7.21. The Morgan fingerprint density at radius 3 is 2.80 bits per heavy atom. The lowest BCUT2D eigenvalue weighted by Crippen LogP contribution is -2.42. The number of amides is 1. The third-order valence-corrected chi connectivity index (χ3v) is 1.94. The molecule has 1 unspecified atom stereocenters. The zero-order valence-corrected chi connectivity index (χ0v) is 9.34. The molecule has 0 aliphatic heterocycles. The van der Waals surface area contributed by atoms with Crippen molar-refractivity contribution in [2.45, 2.75) is 32.3 Å². The molecule has 0 fully saturated rings. The SMILES string of the molecule is CCCC(C)(O)CNCC(=O)NCC#N. The molecule has 1 amide bonds. The molecule has 0 aromatic heterocycles. The minimum atomic E-state index is -0.774. The highest BCUT2D eigenvalue weighted by Gasteiger charge is 2.18. The van der Waals surface area contributed by atoms with Gasteiger partial charge < -0.3 is 15.7 Å². The van der Waals surface area contributed by atoms with Gasteiger partial charge in [-0.1, -0.05) is 13.3 Å². The number of carbonyl (C=O) groups excluding carboxylic acids is 1. The molecule has 0 rings (SSSR count). The van der Waals surface area contributed by atoms with E-state index in [1.54, 1.807) is 6.92 Å².